The molecule has 3 aliphatic heterocycles. The molecule has 9 heteroatoms. The highest BCUT2D eigenvalue weighted by Gasteiger charge is 2.56. The van der Waals surface area contributed by atoms with Crippen LogP contribution in [0.1, 0.15) is 12.8 Å². The lowest BCUT2D eigenvalue weighted by molar-refractivity contribution is -0.134. The van der Waals surface area contributed by atoms with Gasteiger partial charge in [-0.3, -0.25) is 0 Å². The van der Waals surface area contributed by atoms with Gasteiger partial charge >= 0.3 is 5.97 Å². The van der Waals surface area contributed by atoms with Crippen molar-refractivity contribution in [3.8, 4) is 5.75 Å². The Morgan fingerprint density at radius 1 is 1.48 bits per heavy atom. The topological polar surface area (TPSA) is 62.2 Å². The van der Waals surface area contributed by atoms with Gasteiger partial charge in [-0.25, -0.2) is 9.10 Å². The van der Waals surface area contributed by atoms with Gasteiger partial charge in [-0.1, -0.05) is 0 Å². The molecule has 0 aromatic heterocycles. The average Bonchev–Trinajstić information content (AvgIpc) is 3.18. The molecule has 1 aliphatic carbocycles. The summed E-state index contributed by atoms with van der Waals surface area (Å²) >= 11 is 3.10. The van der Waals surface area contributed by atoms with Crippen molar-refractivity contribution in [3.63, 3.8) is 0 Å². The van der Waals surface area contributed by atoms with Gasteiger partial charge in [0.2, 0.25) is 5.83 Å². The van der Waals surface area contributed by atoms with Crippen molar-refractivity contribution in [2.24, 2.45) is 0 Å². The van der Waals surface area contributed by atoms with Gasteiger partial charge in [0.1, 0.15) is 12.0 Å². The minimum absolute atomic E-state index is 0.0680. The van der Waals surface area contributed by atoms with Gasteiger partial charge in [-0.2, -0.15) is 4.39 Å². The number of rotatable bonds is 5. The molecule has 4 aliphatic rings. The van der Waals surface area contributed by atoms with Crippen molar-refractivity contribution in [2.75, 3.05) is 37.9 Å². The minimum atomic E-state index is -1.64. The molecule has 1 aromatic carbocycles. The number of fused-ring (bicyclic) bond motifs is 2. The first-order valence-corrected chi connectivity index (χ1v) is 10.7. The molecule has 2 bridgehead atoms. The van der Waals surface area contributed by atoms with E-state index in [0.717, 1.165) is 48.0 Å². The van der Waals surface area contributed by atoms with Crippen molar-refractivity contribution in [3.05, 3.63) is 24.2 Å². The molecule has 1 N–H and O–H groups in total. The first kappa shape index (κ1) is 18.9. The average molecular weight is 413 g/mol. The maximum Gasteiger partial charge on any atom is 0.368 e. The molecule has 3 fully saturated rings. The van der Waals surface area contributed by atoms with E-state index in [0.29, 0.717) is 18.1 Å². The van der Waals surface area contributed by atoms with Crippen molar-refractivity contribution >= 4 is 35.4 Å². The quantitative estimate of drug-likeness (QED) is 0.342. The molecule has 0 atom stereocenters. The standard InChI is InChI=1S/C18H21FN2O4S2/c1-20-3-4-21(18-7-11(8-18)25-10-18)13-5-16(26-2)14(6-15(13)27-20)24-9-12(19)17(22)23/h5-6,9,11H,3-4,7-8,10H2,1-2H3,(H,22,23)/b12-9-. The number of hydrogen-bond acceptors (Lipinski definition) is 7. The maximum atomic E-state index is 13.3. The first-order chi connectivity index (χ1) is 12.9. The fourth-order valence-corrected chi connectivity index (χ4v) is 5.36. The Bertz CT molecular complexity index is 792. The number of nitrogens with zero attached hydrogens (tertiary/aromatic N) is 2. The molecule has 0 unspecified atom stereocenters. The predicted molar refractivity (Wildman–Crippen MR) is 103 cm³/mol. The summed E-state index contributed by atoms with van der Waals surface area (Å²) in [7, 11) is 2.04. The number of ether oxygens (including phenoxy) is 2. The van der Waals surface area contributed by atoms with Crippen LogP contribution in [0.3, 0.4) is 0 Å². The molecule has 3 heterocycles. The van der Waals surface area contributed by atoms with Crippen LogP contribution in [0.2, 0.25) is 0 Å². The first-order valence-electron chi connectivity index (χ1n) is 8.68. The van der Waals surface area contributed by atoms with Gasteiger partial charge in [0.05, 0.1) is 33.7 Å². The molecule has 0 radical (unpaired) electrons. The summed E-state index contributed by atoms with van der Waals surface area (Å²) in [4.78, 5) is 15.0. The van der Waals surface area contributed by atoms with Crippen LogP contribution in [0.5, 0.6) is 5.75 Å². The van der Waals surface area contributed by atoms with Crippen LogP contribution in [-0.4, -0.2) is 60.0 Å². The van der Waals surface area contributed by atoms with Crippen LogP contribution in [-0.2, 0) is 9.53 Å². The van der Waals surface area contributed by atoms with Gasteiger partial charge in [0.15, 0.2) is 0 Å². The zero-order valence-corrected chi connectivity index (χ0v) is 16.7. The molecule has 1 saturated carbocycles. The van der Waals surface area contributed by atoms with Crippen molar-refractivity contribution in [2.45, 2.75) is 34.3 Å². The molecule has 2 saturated heterocycles. The highest BCUT2D eigenvalue weighted by atomic mass is 32.2. The molecule has 0 amide bonds. The maximum absolute atomic E-state index is 13.3. The summed E-state index contributed by atoms with van der Waals surface area (Å²) in [6.45, 7) is 2.57. The number of likely N-dealkylation sites (N-methyl/N-ethyl adjacent to an activating group) is 1. The smallest absolute Gasteiger partial charge is 0.368 e. The second-order valence-corrected chi connectivity index (χ2v) is 9.11. The molecular weight excluding hydrogens is 391 g/mol. The van der Waals surface area contributed by atoms with E-state index >= 15 is 0 Å². The van der Waals surface area contributed by atoms with Crippen LogP contribution in [0, 0.1) is 0 Å². The monoisotopic (exact) mass is 412 g/mol. The summed E-state index contributed by atoms with van der Waals surface area (Å²) in [6, 6.07) is 3.93. The molecule has 0 spiro atoms. The van der Waals surface area contributed by atoms with Gasteiger partial charge in [0.25, 0.3) is 0 Å². The number of thioether (sulfide) groups is 1. The minimum Gasteiger partial charge on any atom is -0.476 e. The molecule has 146 valence electrons. The molecule has 1 aromatic rings. The van der Waals surface area contributed by atoms with E-state index < -0.39 is 11.8 Å². The van der Waals surface area contributed by atoms with Crippen molar-refractivity contribution < 1.29 is 23.8 Å². The summed E-state index contributed by atoms with van der Waals surface area (Å²) < 4.78 is 26.7. The Hall–Kier alpha value is -1.42. The zero-order valence-electron chi connectivity index (χ0n) is 15.1. The van der Waals surface area contributed by atoms with Gasteiger partial charge < -0.3 is 19.5 Å². The Labute approximate surface area is 165 Å². The molecule has 6 nitrogen and oxygen atoms in total. The lowest BCUT2D eigenvalue weighted by atomic mass is 9.76. The van der Waals surface area contributed by atoms with Crippen LogP contribution in [0.4, 0.5) is 10.1 Å². The fourth-order valence-electron chi connectivity index (χ4n) is 3.89. The third kappa shape index (κ3) is 3.41. The molecule has 27 heavy (non-hydrogen) atoms. The number of halogens is 1. The zero-order chi connectivity index (χ0) is 19.2. The summed E-state index contributed by atoms with van der Waals surface area (Å²) in [5, 5.41) is 8.68. The third-order valence-electron chi connectivity index (χ3n) is 5.30. The number of aliphatic carboxylic acids is 1. The van der Waals surface area contributed by atoms with E-state index in [4.69, 9.17) is 14.6 Å². The SMILES string of the molecule is CSc1cc2c(cc1O/C=C(\F)C(=O)O)SN(C)CCN2C12COC(C1)C2. The van der Waals surface area contributed by atoms with E-state index in [2.05, 4.69) is 15.3 Å². The summed E-state index contributed by atoms with van der Waals surface area (Å²) in [5.74, 6) is -2.52. The highest BCUT2D eigenvalue weighted by Crippen LogP contribution is 2.52. The highest BCUT2D eigenvalue weighted by molar-refractivity contribution is 7.98. The number of hydrogen-bond donors (Lipinski definition) is 1. The third-order valence-corrected chi connectivity index (χ3v) is 7.07. The number of carboxylic acids is 1. The second-order valence-electron chi connectivity index (χ2n) is 7.02. The summed E-state index contributed by atoms with van der Waals surface area (Å²) in [6.07, 6.45) is 5.06. The van der Waals surface area contributed by atoms with Gasteiger partial charge in [0, 0.05) is 13.1 Å². The van der Waals surface area contributed by atoms with Gasteiger partial charge in [-0.05, 0) is 50.2 Å². The van der Waals surface area contributed by atoms with Crippen LogP contribution in [0.25, 0.3) is 0 Å². The van der Waals surface area contributed by atoms with E-state index in [1.54, 1.807) is 11.9 Å². The van der Waals surface area contributed by atoms with Crippen molar-refractivity contribution in [1.82, 2.24) is 4.31 Å². The largest absolute Gasteiger partial charge is 0.476 e. The Morgan fingerprint density at radius 3 is 2.89 bits per heavy atom. The van der Waals surface area contributed by atoms with Gasteiger partial charge in [-0.15, -0.1) is 11.8 Å². The molecule has 5 rings (SSSR count). The number of carboxylic acid groups (broad SMARTS) is 1. The van der Waals surface area contributed by atoms with E-state index in [9.17, 15) is 9.18 Å². The lowest BCUT2D eigenvalue weighted by Crippen LogP contribution is -2.56. The van der Waals surface area contributed by atoms with Crippen LogP contribution >= 0.6 is 23.7 Å². The van der Waals surface area contributed by atoms with Crippen LogP contribution in [0.15, 0.2) is 34.0 Å². The number of anilines is 1. The van der Waals surface area contributed by atoms with E-state index in [1.165, 1.54) is 11.8 Å². The summed E-state index contributed by atoms with van der Waals surface area (Å²) in [5.41, 5.74) is 1.20. The molecular formula is C18H21FN2O4S2. The lowest BCUT2D eigenvalue weighted by Gasteiger charge is -2.46. The van der Waals surface area contributed by atoms with Crippen molar-refractivity contribution in [1.29, 1.82) is 0 Å². The second kappa shape index (κ2) is 7.20. The normalized spacial score (nSPS) is 27.7. The Morgan fingerprint density at radius 2 is 2.26 bits per heavy atom. The van der Waals surface area contributed by atoms with Crippen LogP contribution < -0.4 is 9.64 Å². The predicted octanol–water partition coefficient (Wildman–Crippen LogP) is 3.37. The number of benzene rings is 1. The number of carbonyl (C=O) groups is 1. The Kier molecular flexibility index (Phi) is 5.04. The van der Waals surface area contributed by atoms with E-state index in [1.807, 2.05) is 19.4 Å². The van der Waals surface area contributed by atoms with E-state index in [-0.39, 0.29) is 5.54 Å². The Balaban J connectivity index is 1.72. The fraction of sp³-hybridized carbons (Fsp3) is 0.500.